The van der Waals surface area contributed by atoms with Gasteiger partial charge in [0.15, 0.2) is 6.10 Å². The van der Waals surface area contributed by atoms with Crippen LogP contribution in [0, 0.1) is 0 Å². The van der Waals surface area contributed by atoms with E-state index in [0.717, 1.165) is 5.56 Å². The van der Waals surface area contributed by atoms with E-state index in [4.69, 9.17) is 16.3 Å². The fourth-order valence-corrected chi connectivity index (χ4v) is 3.07. The molecule has 1 N–H and O–H groups in total. The average molecular weight is 433 g/mol. The van der Waals surface area contributed by atoms with Crippen molar-refractivity contribution in [1.29, 1.82) is 0 Å². The molecule has 154 valence electrons. The number of rotatable bonds is 5. The summed E-state index contributed by atoms with van der Waals surface area (Å²) in [5.74, 6) is -0.824. The summed E-state index contributed by atoms with van der Waals surface area (Å²) in [4.78, 5) is 38.1. The van der Waals surface area contributed by atoms with Crippen LogP contribution in [-0.2, 0) is 9.53 Å². The molecule has 1 unspecified atom stereocenters. The van der Waals surface area contributed by atoms with E-state index in [2.05, 4.69) is 20.3 Å². The van der Waals surface area contributed by atoms with Crippen molar-refractivity contribution in [3.8, 4) is 11.3 Å². The number of halogens is 1. The van der Waals surface area contributed by atoms with Gasteiger partial charge in [-0.3, -0.25) is 9.78 Å². The summed E-state index contributed by atoms with van der Waals surface area (Å²) in [6.45, 7) is 1.49. The van der Waals surface area contributed by atoms with Crippen molar-refractivity contribution in [3.63, 3.8) is 0 Å². The zero-order valence-corrected chi connectivity index (χ0v) is 17.2. The number of aromatic nitrogens is 3. The number of hydrogen-bond donors (Lipinski definition) is 1. The molecule has 4 aromatic rings. The Kier molecular flexibility index (Phi) is 5.86. The Morgan fingerprint density at radius 3 is 2.65 bits per heavy atom. The van der Waals surface area contributed by atoms with Crippen LogP contribution in [0.15, 0.2) is 73.2 Å². The Morgan fingerprint density at radius 1 is 1.06 bits per heavy atom. The molecule has 0 radical (unpaired) electrons. The average Bonchev–Trinajstić information content (AvgIpc) is 2.80. The lowest BCUT2D eigenvalue weighted by atomic mass is 10.0. The Hall–Kier alpha value is -3.84. The number of pyridine rings is 3. The molecule has 1 amide bonds. The van der Waals surface area contributed by atoms with Gasteiger partial charge in [-0.1, -0.05) is 29.8 Å². The molecule has 4 rings (SSSR count). The van der Waals surface area contributed by atoms with Crippen LogP contribution in [0.5, 0.6) is 0 Å². The third-order valence-corrected chi connectivity index (χ3v) is 4.75. The number of anilines is 1. The van der Waals surface area contributed by atoms with Crippen LogP contribution < -0.4 is 5.32 Å². The summed E-state index contributed by atoms with van der Waals surface area (Å²) in [7, 11) is 0. The normalized spacial score (nSPS) is 11.7. The number of fused-ring (bicyclic) bond motifs is 1. The summed E-state index contributed by atoms with van der Waals surface area (Å²) >= 11 is 5.80. The van der Waals surface area contributed by atoms with Crippen LogP contribution in [0.3, 0.4) is 0 Å². The van der Waals surface area contributed by atoms with Gasteiger partial charge in [-0.05, 0) is 43.3 Å². The van der Waals surface area contributed by atoms with Gasteiger partial charge in [0.05, 0.1) is 21.8 Å². The summed E-state index contributed by atoms with van der Waals surface area (Å²) < 4.78 is 5.44. The van der Waals surface area contributed by atoms with Gasteiger partial charge in [-0.2, -0.15) is 0 Å². The highest BCUT2D eigenvalue weighted by Crippen LogP contribution is 2.25. The first kappa shape index (κ1) is 20.4. The Morgan fingerprint density at radius 2 is 1.90 bits per heavy atom. The molecule has 1 aromatic carbocycles. The number of nitrogens with zero attached hydrogens (tertiary/aromatic N) is 3. The van der Waals surface area contributed by atoms with Crippen LogP contribution in [0.4, 0.5) is 5.82 Å². The molecule has 8 heteroatoms. The standard InChI is InChI=1S/C23H17ClN4O3/c1-14(22(29)28-21-9-8-16(24)13-26-21)31-23(30)18-11-20(15-5-4-10-25-12-15)27-19-7-3-2-6-17(18)19/h2-14H,1H3,(H,26,28,29). The van der Waals surface area contributed by atoms with Gasteiger partial charge in [-0.25, -0.2) is 14.8 Å². The Balaban J connectivity index is 1.59. The molecule has 0 aliphatic rings. The fraction of sp³-hybridized carbons (Fsp3) is 0.0870. The van der Waals surface area contributed by atoms with Gasteiger partial charge in [-0.15, -0.1) is 0 Å². The van der Waals surface area contributed by atoms with Crippen molar-refractivity contribution in [1.82, 2.24) is 15.0 Å². The maximum Gasteiger partial charge on any atom is 0.339 e. The lowest BCUT2D eigenvalue weighted by Crippen LogP contribution is -2.30. The number of esters is 1. The zero-order chi connectivity index (χ0) is 21.8. The molecule has 0 bridgehead atoms. The van der Waals surface area contributed by atoms with Gasteiger partial charge in [0.25, 0.3) is 5.91 Å². The van der Waals surface area contributed by atoms with Crippen molar-refractivity contribution in [2.75, 3.05) is 5.32 Å². The van der Waals surface area contributed by atoms with Gasteiger partial charge in [0.1, 0.15) is 5.82 Å². The van der Waals surface area contributed by atoms with E-state index in [-0.39, 0.29) is 0 Å². The third-order valence-electron chi connectivity index (χ3n) is 4.53. The molecule has 0 aliphatic carbocycles. The molecular formula is C23H17ClN4O3. The molecule has 3 heterocycles. The number of nitrogens with one attached hydrogen (secondary N) is 1. The highest BCUT2D eigenvalue weighted by atomic mass is 35.5. The first-order valence-corrected chi connectivity index (χ1v) is 9.82. The maximum absolute atomic E-state index is 13.0. The summed E-state index contributed by atoms with van der Waals surface area (Å²) in [5.41, 5.74) is 2.30. The molecule has 31 heavy (non-hydrogen) atoms. The van der Waals surface area contributed by atoms with E-state index in [0.29, 0.717) is 33.0 Å². The van der Waals surface area contributed by atoms with E-state index in [9.17, 15) is 9.59 Å². The number of ether oxygens (including phenoxy) is 1. The van der Waals surface area contributed by atoms with Crippen LogP contribution >= 0.6 is 11.6 Å². The molecular weight excluding hydrogens is 416 g/mol. The number of benzene rings is 1. The molecule has 0 saturated carbocycles. The van der Waals surface area contributed by atoms with Crippen molar-refractivity contribution in [2.24, 2.45) is 0 Å². The molecule has 0 aliphatic heterocycles. The first-order chi connectivity index (χ1) is 15.0. The first-order valence-electron chi connectivity index (χ1n) is 9.45. The van der Waals surface area contributed by atoms with Crippen LogP contribution in [-0.4, -0.2) is 32.9 Å². The fourth-order valence-electron chi connectivity index (χ4n) is 2.96. The quantitative estimate of drug-likeness (QED) is 0.465. The highest BCUT2D eigenvalue weighted by Gasteiger charge is 2.22. The number of carbonyl (C=O) groups is 2. The molecule has 0 fully saturated rings. The molecule has 0 spiro atoms. The van der Waals surface area contributed by atoms with Crippen molar-refractivity contribution < 1.29 is 14.3 Å². The number of para-hydroxylation sites is 1. The molecule has 1 atom stereocenters. The number of amides is 1. The predicted octanol–water partition coefficient (Wildman–Crippen LogP) is 4.53. The minimum absolute atomic E-state index is 0.311. The third kappa shape index (κ3) is 4.67. The van der Waals surface area contributed by atoms with Gasteiger partial charge in [0.2, 0.25) is 0 Å². The lowest BCUT2D eigenvalue weighted by Gasteiger charge is -2.15. The number of hydrogen-bond acceptors (Lipinski definition) is 6. The zero-order valence-electron chi connectivity index (χ0n) is 16.4. The monoisotopic (exact) mass is 432 g/mol. The second-order valence-corrected chi connectivity index (χ2v) is 7.15. The van der Waals surface area contributed by atoms with Crippen molar-refractivity contribution in [3.05, 3.63) is 83.8 Å². The maximum atomic E-state index is 13.0. The van der Waals surface area contributed by atoms with E-state index in [1.54, 1.807) is 42.7 Å². The van der Waals surface area contributed by atoms with Crippen molar-refractivity contribution in [2.45, 2.75) is 13.0 Å². The Labute approximate surface area is 183 Å². The van der Waals surface area contributed by atoms with Crippen LogP contribution in [0.25, 0.3) is 22.2 Å². The summed E-state index contributed by atoms with van der Waals surface area (Å²) in [6, 6.07) is 15.7. The largest absolute Gasteiger partial charge is 0.449 e. The smallest absolute Gasteiger partial charge is 0.339 e. The summed E-state index contributed by atoms with van der Waals surface area (Å²) in [6.07, 6.45) is 3.70. The van der Waals surface area contributed by atoms with Crippen LogP contribution in [0.2, 0.25) is 5.02 Å². The minimum Gasteiger partial charge on any atom is -0.449 e. The SMILES string of the molecule is CC(OC(=O)c1cc(-c2cccnc2)nc2ccccc12)C(=O)Nc1ccc(Cl)cn1. The van der Waals surface area contributed by atoms with Crippen molar-refractivity contribution >= 4 is 40.2 Å². The molecule has 7 nitrogen and oxygen atoms in total. The molecule has 3 aromatic heterocycles. The minimum atomic E-state index is -1.04. The Bertz CT molecular complexity index is 1250. The van der Waals surface area contributed by atoms with E-state index in [1.807, 2.05) is 24.3 Å². The van der Waals surface area contributed by atoms with E-state index < -0.39 is 18.0 Å². The van der Waals surface area contributed by atoms with E-state index >= 15 is 0 Å². The van der Waals surface area contributed by atoms with Gasteiger partial charge < -0.3 is 10.1 Å². The van der Waals surface area contributed by atoms with Gasteiger partial charge >= 0.3 is 5.97 Å². The summed E-state index contributed by atoms with van der Waals surface area (Å²) in [5, 5.41) is 3.68. The highest BCUT2D eigenvalue weighted by molar-refractivity contribution is 6.30. The van der Waals surface area contributed by atoms with Crippen LogP contribution in [0.1, 0.15) is 17.3 Å². The second-order valence-electron chi connectivity index (χ2n) is 6.71. The topological polar surface area (TPSA) is 94.1 Å². The molecule has 0 saturated heterocycles. The number of carbonyl (C=O) groups excluding carboxylic acids is 2. The predicted molar refractivity (Wildman–Crippen MR) is 118 cm³/mol. The lowest BCUT2D eigenvalue weighted by molar-refractivity contribution is -0.123. The van der Waals surface area contributed by atoms with E-state index in [1.165, 1.54) is 13.1 Å². The van der Waals surface area contributed by atoms with Gasteiger partial charge in [0, 0.05) is 29.5 Å². The second kappa shape index (κ2) is 8.89.